The number of rotatable bonds is 12. The van der Waals surface area contributed by atoms with Gasteiger partial charge in [-0.25, -0.2) is 4.79 Å². The Labute approximate surface area is 181 Å². The Morgan fingerprint density at radius 2 is 1.29 bits per heavy atom. The van der Waals surface area contributed by atoms with Gasteiger partial charge in [0.1, 0.15) is 24.2 Å². The van der Waals surface area contributed by atoms with Gasteiger partial charge in [0.05, 0.1) is 12.6 Å². The van der Waals surface area contributed by atoms with E-state index >= 15 is 0 Å². The van der Waals surface area contributed by atoms with Gasteiger partial charge in [-0.1, -0.05) is 27.7 Å². The molecule has 0 heterocycles. The van der Waals surface area contributed by atoms with Crippen LogP contribution in [0.15, 0.2) is 0 Å². The highest BCUT2D eigenvalue weighted by atomic mass is 16.4. The molecule has 4 amide bonds. The van der Waals surface area contributed by atoms with E-state index in [0.29, 0.717) is 0 Å². The monoisotopic (exact) mass is 445 g/mol. The highest BCUT2D eigenvalue weighted by Gasteiger charge is 2.30. The second-order valence-electron chi connectivity index (χ2n) is 8.07. The van der Waals surface area contributed by atoms with Gasteiger partial charge in [-0.2, -0.15) is 0 Å². The van der Waals surface area contributed by atoms with Gasteiger partial charge in [0.15, 0.2) is 0 Å². The summed E-state index contributed by atoms with van der Waals surface area (Å²) in [7, 11) is 0. The molecule has 0 fully saturated rings. The summed E-state index contributed by atoms with van der Waals surface area (Å²) in [5.74, 6) is -4.60. The number of nitrogens with two attached hydrogens (primary N) is 1. The Balaban J connectivity index is 4.90. The molecule has 0 unspecified atom stereocenters. The predicted molar refractivity (Wildman–Crippen MR) is 111 cm³/mol. The van der Waals surface area contributed by atoms with Crippen LogP contribution < -0.4 is 27.0 Å². The van der Waals surface area contributed by atoms with Crippen LogP contribution in [0, 0.1) is 11.8 Å². The van der Waals surface area contributed by atoms with Crippen LogP contribution in [0.5, 0.6) is 0 Å². The van der Waals surface area contributed by atoms with Crippen molar-refractivity contribution in [2.75, 3.05) is 6.54 Å². The minimum Gasteiger partial charge on any atom is -0.480 e. The van der Waals surface area contributed by atoms with Crippen molar-refractivity contribution in [3.63, 3.8) is 0 Å². The summed E-state index contributed by atoms with van der Waals surface area (Å²) in [5, 5.41) is 28.0. The molecule has 12 nitrogen and oxygen atoms in total. The number of aliphatic hydroxyl groups is 1. The number of nitrogens with one attached hydrogen (secondary N) is 4. The van der Waals surface area contributed by atoms with Crippen LogP contribution in [0.3, 0.4) is 0 Å². The lowest BCUT2D eigenvalue weighted by molar-refractivity contribution is -0.143. The highest BCUT2D eigenvalue weighted by molar-refractivity contribution is 5.94. The second-order valence-corrected chi connectivity index (χ2v) is 8.07. The topological polar surface area (TPSA) is 200 Å². The van der Waals surface area contributed by atoms with Gasteiger partial charge in [-0.05, 0) is 25.7 Å². The van der Waals surface area contributed by atoms with E-state index in [1.165, 1.54) is 13.8 Å². The van der Waals surface area contributed by atoms with E-state index in [-0.39, 0.29) is 11.8 Å². The Hall–Kier alpha value is -2.73. The number of amides is 4. The largest absolute Gasteiger partial charge is 0.480 e. The zero-order chi connectivity index (χ0) is 24.5. The molecule has 0 bridgehead atoms. The molecular formula is C19H35N5O7. The first-order valence-electron chi connectivity index (χ1n) is 10.0. The van der Waals surface area contributed by atoms with E-state index in [1.54, 1.807) is 27.7 Å². The number of carboxylic acids is 1. The Morgan fingerprint density at radius 3 is 1.71 bits per heavy atom. The average molecular weight is 446 g/mol. The summed E-state index contributed by atoms with van der Waals surface area (Å²) in [6.45, 7) is 8.90. The Kier molecular flexibility index (Phi) is 11.7. The van der Waals surface area contributed by atoms with Gasteiger partial charge in [0.25, 0.3) is 0 Å². The van der Waals surface area contributed by atoms with Crippen molar-refractivity contribution >= 4 is 29.6 Å². The van der Waals surface area contributed by atoms with Crippen LogP contribution >= 0.6 is 0 Å². The molecule has 0 aliphatic heterocycles. The molecule has 178 valence electrons. The summed E-state index contributed by atoms with van der Waals surface area (Å²) in [6.07, 6.45) is -1.10. The van der Waals surface area contributed by atoms with Gasteiger partial charge < -0.3 is 37.2 Å². The fraction of sp³-hybridized carbons (Fsp3) is 0.737. The van der Waals surface area contributed by atoms with Crippen molar-refractivity contribution in [1.82, 2.24) is 21.3 Å². The van der Waals surface area contributed by atoms with Crippen molar-refractivity contribution in [3.05, 3.63) is 0 Å². The van der Waals surface area contributed by atoms with Gasteiger partial charge >= 0.3 is 5.97 Å². The smallest absolute Gasteiger partial charge is 0.326 e. The molecular weight excluding hydrogens is 410 g/mol. The Bertz CT molecular complexity index is 666. The number of carbonyl (C=O) groups excluding carboxylic acids is 4. The van der Waals surface area contributed by atoms with Crippen LogP contribution in [0.4, 0.5) is 0 Å². The maximum atomic E-state index is 12.6. The number of aliphatic carboxylic acids is 1. The third-order valence-electron chi connectivity index (χ3n) is 4.49. The first-order chi connectivity index (χ1) is 14.2. The summed E-state index contributed by atoms with van der Waals surface area (Å²) >= 11 is 0. The molecule has 0 aliphatic carbocycles. The van der Waals surface area contributed by atoms with Gasteiger partial charge in [-0.15, -0.1) is 0 Å². The summed E-state index contributed by atoms with van der Waals surface area (Å²) in [5.41, 5.74) is 5.47. The van der Waals surface area contributed by atoms with E-state index in [0.717, 1.165) is 0 Å². The fourth-order valence-corrected chi connectivity index (χ4v) is 2.42. The molecule has 0 saturated heterocycles. The van der Waals surface area contributed by atoms with Crippen LogP contribution in [0.1, 0.15) is 41.5 Å². The summed E-state index contributed by atoms with van der Waals surface area (Å²) in [6, 6.07) is -4.36. The number of carbonyl (C=O) groups is 5. The third-order valence-corrected chi connectivity index (χ3v) is 4.49. The molecule has 0 aliphatic rings. The molecule has 0 aromatic carbocycles. The molecule has 5 atom stereocenters. The first kappa shape index (κ1) is 28.3. The fourth-order valence-electron chi connectivity index (χ4n) is 2.42. The zero-order valence-electron chi connectivity index (χ0n) is 18.8. The van der Waals surface area contributed by atoms with E-state index in [4.69, 9.17) is 10.8 Å². The quantitative estimate of drug-likeness (QED) is 0.173. The average Bonchev–Trinajstić information content (AvgIpc) is 2.66. The van der Waals surface area contributed by atoms with Crippen LogP contribution in [-0.4, -0.2) is 76.6 Å². The van der Waals surface area contributed by atoms with Crippen molar-refractivity contribution in [2.45, 2.75) is 71.8 Å². The van der Waals surface area contributed by atoms with E-state index in [9.17, 15) is 29.1 Å². The van der Waals surface area contributed by atoms with Crippen molar-refractivity contribution in [3.8, 4) is 0 Å². The maximum Gasteiger partial charge on any atom is 0.326 e. The molecule has 8 N–H and O–H groups in total. The van der Waals surface area contributed by atoms with Crippen molar-refractivity contribution < 1.29 is 34.2 Å². The minimum atomic E-state index is -1.20. The van der Waals surface area contributed by atoms with Gasteiger partial charge in [-0.3, -0.25) is 19.2 Å². The van der Waals surface area contributed by atoms with E-state index in [1.807, 2.05) is 0 Å². The first-order valence-corrected chi connectivity index (χ1v) is 10.0. The molecule has 0 spiro atoms. The zero-order valence-corrected chi connectivity index (χ0v) is 18.8. The Morgan fingerprint density at radius 1 is 0.774 bits per heavy atom. The van der Waals surface area contributed by atoms with E-state index < -0.39 is 66.4 Å². The summed E-state index contributed by atoms with van der Waals surface area (Å²) in [4.78, 5) is 59.9. The number of hydrogen-bond acceptors (Lipinski definition) is 7. The van der Waals surface area contributed by atoms with Crippen molar-refractivity contribution in [1.29, 1.82) is 0 Å². The predicted octanol–water partition coefficient (Wildman–Crippen LogP) is -2.32. The molecule has 0 aromatic rings. The lowest BCUT2D eigenvalue weighted by Gasteiger charge is -2.25. The van der Waals surface area contributed by atoms with Crippen LogP contribution in [0.25, 0.3) is 0 Å². The van der Waals surface area contributed by atoms with Crippen LogP contribution in [0.2, 0.25) is 0 Å². The number of carboxylic acid groups (broad SMARTS) is 1. The molecule has 0 radical (unpaired) electrons. The lowest BCUT2D eigenvalue weighted by Crippen LogP contribution is -2.57. The van der Waals surface area contributed by atoms with Crippen molar-refractivity contribution in [2.24, 2.45) is 17.6 Å². The third kappa shape index (κ3) is 9.75. The number of hydrogen-bond donors (Lipinski definition) is 7. The number of aliphatic hydroxyl groups excluding tert-OH is 1. The minimum absolute atomic E-state index is 0.350. The highest BCUT2D eigenvalue weighted by Crippen LogP contribution is 2.04. The summed E-state index contributed by atoms with van der Waals surface area (Å²) < 4.78 is 0. The van der Waals surface area contributed by atoms with Gasteiger partial charge in [0.2, 0.25) is 23.6 Å². The standard InChI is InChI=1S/C19H35N5O7/c1-8(2)14(23-12(26)7-21-17(28)13(20)11(6)25)18(29)22-10(5)16(27)24-15(9(3)4)19(30)31/h8-11,13-15,25H,7,20H2,1-6H3,(H,21,28)(H,22,29)(H,23,26)(H,24,27)(H,30,31)/t10-,11+,13-,14-,15-/m0/s1. The molecule has 0 rings (SSSR count). The van der Waals surface area contributed by atoms with Crippen LogP contribution in [-0.2, 0) is 24.0 Å². The SMILES string of the molecule is CC(C)[C@H](NC(=O)[C@H](C)NC(=O)[C@@H](NC(=O)CNC(=O)[C@@H](N)[C@@H](C)O)C(C)C)C(=O)O. The molecule has 12 heteroatoms. The second kappa shape index (κ2) is 12.8. The maximum absolute atomic E-state index is 12.6. The molecule has 0 saturated carbocycles. The molecule has 31 heavy (non-hydrogen) atoms. The van der Waals surface area contributed by atoms with E-state index in [2.05, 4.69) is 21.3 Å². The normalized spacial score (nSPS) is 15.9. The van der Waals surface area contributed by atoms with Gasteiger partial charge in [0, 0.05) is 0 Å². The molecule has 0 aromatic heterocycles. The lowest BCUT2D eigenvalue weighted by atomic mass is 10.0.